The van der Waals surface area contributed by atoms with E-state index in [1.807, 2.05) is 0 Å². The lowest BCUT2D eigenvalue weighted by atomic mass is 9.76. The Morgan fingerprint density at radius 1 is 0.947 bits per heavy atom. The maximum atomic E-state index is 5.85. The van der Waals surface area contributed by atoms with Crippen molar-refractivity contribution >= 4 is 0 Å². The minimum atomic E-state index is 0.479. The van der Waals surface area contributed by atoms with Crippen molar-refractivity contribution in [2.75, 3.05) is 13.4 Å². The van der Waals surface area contributed by atoms with Gasteiger partial charge in [-0.3, -0.25) is 0 Å². The Labute approximate surface area is 118 Å². The van der Waals surface area contributed by atoms with Crippen molar-refractivity contribution in [3.05, 3.63) is 0 Å². The first-order chi connectivity index (χ1) is 9.25. The van der Waals surface area contributed by atoms with Crippen LogP contribution in [0.3, 0.4) is 0 Å². The summed E-state index contributed by atoms with van der Waals surface area (Å²) < 4.78 is 11.7. The summed E-state index contributed by atoms with van der Waals surface area (Å²) in [6, 6.07) is 0. The van der Waals surface area contributed by atoms with E-state index in [1.165, 1.54) is 44.9 Å². The van der Waals surface area contributed by atoms with Crippen molar-refractivity contribution in [3.63, 3.8) is 0 Å². The topological polar surface area (TPSA) is 18.5 Å². The summed E-state index contributed by atoms with van der Waals surface area (Å²) in [5.41, 5.74) is 0. The molecule has 3 saturated carbocycles. The molecule has 2 bridgehead atoms. The van der Waals surface area contributed by atoms with Crippen LogP contribution in [-0.4, -0.2) is 19.5 Å². The molecule has 0 saturated heterocycles. The molecule has 0 spiro atoms. The maximum Gasteiger partial charge on any atom is 0.147 e. The summed E-state index contributed by atoms with van der Waals surface area (Å²) in [6.07, 6.45) is 9.89. The van der Waals surface area contributed by atoms with Crippen LogP contribution in [0.4, 0.5) is 0 Å². The smallest absolute Gasteiger partial charge is 0.147 e. The van der Waals surface area contributed by atoms with Crippen LogP contribution in [0, 0.1) is 29.6 Å². The Morgan fingerprint density at radius 2 is 1.74 bits per heavy atom. The Hall–Kier alpha value is -0.0800. The lowest BCUT2D eigenvalue weighted by Crippen LogP contribution is -2.28. The molecule has 0 radical (unpaired) electrons. The molecule has 5 unspecified atom stereocenters. The van der Waals surface area contributed by atoms with E-state index >= 15 is 0 Å². The molecule has 110 valence electrons. The van der Waals surface area contributed by atoms with E-state index in [0.717, 1.165) is 36.2 Å². The Morgan fingerprint density at radius 3 is 2.42 bits per heavy atom. The SMILES string of the molecule is CC1C2CC(COCOC3CCCCC3)C(C2)C1C. The van der Waals surface area contributed by atoms with Gasteiger partial charge in [-0.15, -0.1) is 0 Å². The Bertz CT molecular complexity index is 283. The standard InChI is InChI=1S/C17H30O2/c1-12-13(2)17-9-14(12)8-15(17)10-18-11-19-16-6-4-3-5-7-16/h12-17H,3-11H2,1-2H3. The molecule has 2 nitrogen and oxygen atoms in total. The molecule has 3 aliphatic rings. The average Bonchev–Trinajstić information content (AvgIpc) is 2.97. The summed E-state index contributed by atoms with van der Waals surface area (Å²) in [4.78, 5) is 0. The lowest BCUT2D eigenvalue weighted by Gasteiger charge is -2.31. The first kappa shape index (κ1) is 13.9. The fraction of sp³-hybridized carbons (Fsp3) is 1.00. The molecular weight excluding hydrogens is 236 g/mol. The summed E-state index contributed by atoms with van der Waals surface area (Å²) in [5, 5.41) is 0. The molecule has 5 atom stereocenters. The summed E-state index contributed by atoms with van der Waals surface area (Å²) in [5.74, 6) is 4.57. The van der Waals surface area contributed by atoms with Crippen LogP contribution < -0.4 is 0 Å². The minimum absolute atomic E-state index is 0.479. The highest BCUT2D eigenvalue weighted by atomic mass is 16.7. The predicted molar refractivity (Wildman–Crippen MR) is 76.8 cm³/mol. The first-order valence-electron chi connectivity index (χ1n) is 8.45. The van der Waals surface area contributed by atoms with Crippen molar-refractivity contribution < 1.29 is 9.47 Å². The molecule has 0 aromatic rings. The van der Waals surface area contributed by atoms with E-state index in [1.54, 1.807) is 0 Å². The predicted octanol–water partition coefficient (Wildman–Crippen LogP) is 4.24. The van der Waals surface area contributed by atoms with Gasteiger partial charge in [0.1, 0.15) is 6.79 Å². The molecule has 3 rings (SSSR count). The minimum Gasteiger partial charge on any atom is -0.355 e. The van der Waals surface area contributed by atoms with Gasteiger partial charge in [0.15, 0.2) is 0 Å². The quantitative estimate of drug-likeness (QED) is 0.547. The molecule has 3 fully saturated rings. The zero-order valence-corrected chi connectivity index (χ0v) is 12.6. The number of ether oxygens (including phenoxy) is 2. The highest BCUT2D eigenvalue weighted by Crippen LogP contribution is 2.54. The van der Waals surface area contributed by atoms with Crippen molar-refractivity contribution in [1.29, 1.82) is 0 Å². The van der Waals surface area contributed by atoms with Gasteiger partial charge in [-0.2, -0.15) is 0 Å². The highest BCUT2D eigenvalue weighted by Gasteiger charge is 2.48. The van der Waals surface area contributed by atoms with Gasteiger partial charge < -0.3 is 9.47 Å². The van der Waals surface area contributed by atoms with E-state index in [4.69, 9.17) is 9.47 Å². The van der Waals surface area contributed by atoms with E-state index in [2.05, 4.69) is 13.8 Å². The molecule has 19 heavy (non-hydrogen) atoms. The zero-order chi connectivity index (χ0) is 13.2. The normalized spacial score (nSPS) is 42.9. The number of hydrogen-bond acceptors (Lipinski definition) is 2. The third-order valence-corrected chi connectivity index (χ3v) is 6.31. The molecule has 0 heterocycles. The van der Waals surface area contributed by atoms with Crippen LogP contribution in [-0.2, 0) is 9.47 Å². The van der Waals surface area contributed by atoms with Crippen molar-refractivity contribution in [2.45, 2.75) is 64.9 Å². The van der Waals surface area contributed by atoms with Gasteiger partial charge >= 0.3 is 0 Å². The number of hydrogen-bond donors (Lipinski definition) is 0. The molecule has 3 aliphatic carbocycles. The molecule has 0 N–H and O–H groups in total. The van der Waals surface area contributed by atoms with E-state index in [0.29, 0.717) is 12.9 Å². The Kier molecular flexibility index (Phi) is 4.48. The van der Waals surface area contributed by atoms with Crippen molar-refractivity contribution in [2.24, 2.45) is 29.6 Å². The van der Waals surface area contributed by atoms with Gasteiger partial charge in [0.05, 0.1) is 12.7 Å². The van der Waals surface area contributed by atoms with Gasteiger partial charge in [-0.05, 0) is 55.3 Å². The lowest BCUT2D eigenvalue weighted by molar-refractivity contribution is -0.110. The fourth-order valence-electron chi connectivity index (χ4n) is 4.86. The molecule has 0 aromatic carbocycles. The van der Waals surface area contributed by atoms with Gasteiger partial charge in [0.2, 0.25) is 0 Å². The fourth-order valence-corrected chi connectivity index (χ4v) is 4.86. The van der Waals surface area contributed by atoms with Gasteiger partial charge in [-0.25, -0.2) is 0 Å². The van der Waals surface area contributed by atoms with Crippen LogP contribution >= 0.6 is 0 Å². The number of fused-ring (bicyclic) bond motifs is 2. The van der Waals surface area contributed by atoms with Crippen LogP contribution in [0.25, 0.3) is 0 Å². The van der Waals surface area contributed by atoms with E-state index < -0.39 is 0 Å². The monoisotopic (exact) mass is 266 g/mol. The molecule has 2 heteroatoms. The van der Waals surface area contributed by atoms with Crippen LogP contribution in [0.2, 0.25) is 0 Å². The maximum absolute atomic E-state index is 5.85. The molecule has 0 amide bonds. The third kappa shape index (κ3) is 3.00. The summed E-state index contributed by atoms with van der Waals surface area (Å²) in [6.45, 7) is 6.35. The third-order valence-electron chi connectivity index (χ3n) is 6.31. The second-order valence-electron chi connectivity index (χ2n) is 7.29. The summed E-state index contributed by atoms with van der Waals surface area (Å²) in [7, 11) is 0. The largest absolute Gasteiger partial charge is 0.355 e. The Balaban J connectivity index is 1.33. The van der Waals surface area contributed by atoms with Crippen molar-refractivity contribution in [3.8, 4) is 0 Å². The van der Waals surface area contributed by atoms with Crippen LogP contribution in [0.5, 0.6) is 0 Å². The van der Waals surface area contributed by atoms with E-state index in [-0.39, 0.29) is 0 Å². The van der Waals surface area contributed by atoms with Gasteiger partial charge in [-0.1, -0.05) is 33.1 Å². The second kappa shape index (κ2) is 6.13. The first-order valence-corrected chi connectivity index (χ1v) is 8.45. The van der Waals surface area contributed by atoms with E-state index in [9.17, 15) is 0 Å². The van der Waals surface area contributed by atoms with Gasteiger partial charge in [0, 0.05) is 0 Å². The molecule has 0 aromatic heterocycles. The highest BCUT2D eigenvalue weighted by molar-refractivity contribution is 4.97. The average molecular weight is 266 g/mol. The molecule has 0 aliphatic heterocycles. The number of rotatable bonds is 5. The summed E-state index contributed by atoms with van der Waals surface area (Å²) >= 11 is 0. The van der Waals surface area contributed by atoms with Gasteiger partial charge in [0.25, 0.3) is 0 Å². The van der Waals surface area contributed by atoms with Crippen molar-refractivity contribution in [1.82, 2.24) is 0 Å². The second-order valence-corrected chi connectivity index (χ2v) is 7.29. The molecular formula is C17H30O2. The zero-order valence-electron chi connectivity index (χ0n) is 12.6. The van der Waals surface area contributed by atoms with Crippen LogP contribution in [0.1, 0.15) is 58.8 Å². The van der Waals surface area contributed by atoms with Crippen LogP contribution in [0.15, 0.2) is 0 Å².